The van der Waals surface area contributed by atoms with Crippen molar-refractivity contribution in [2.75, 3.05) is 26.2 Å². The fourth-order valence-electron chi connectivity index (χ4n) is 6.56. The summed E-state index contributed by atoms with van der Waals surface area (Å²) in [5, 5.41) is 28.5. The third-order valence-electron chi connectivity index (χ3n) is 8.70. The lowest BCUT2D eigenvalue weighted by molar-refractivity contribution is -0.132. The molecule has 9 heteroatoms. The number of rotatable bonds is 11. The minimum Gasteiger partial charge on any atom is -0.392 e. The highest BCUT2D eigenvalue weighted by molar-refractivity contribution is 5.83. The van der Waals surface area contributed by atoms with Gasteiger partial charge in [-0.1, -0.05) is 60.7 Å². The first-order chi connectivity index (χ1) is 21.6. The minimum absolute atomic E-state index is 0.0712. The Morgan fingerprint density at radius 3 is 2.47 bits per heavy atom. The lowest BCUT2D eigenvalue weighted by atomic mass is 9.91. The number of fused-ring (bicyclic) bond motifs is 1. The molecule has 9 nitrogen and oxygen atoms in total. The smallest absolute Gasteiger partial charge is 0.239 e. The summed E-state index contributed by atoms with van der Waals surface area (Å²) in [4.78, 5) is 35.9. The molecule has 0 unspecified atom stereocenters. The van der Waals surface area contributed by atoms with Crippen molar-refractivity contribution < 1.29 is 19.8 Å². The van der Waals surface area contributed by atoms with Crippen molar-refractivity contribution >= 4 is 11.8 Å². The lowest BCUT2D eigenvalue weighted by Gasteiger charge is -2.42. The van der Waals surface area contributed by atoms with Gasteiger partial charge < -0.3 is 20.8 Å². The summed E-state index contributed by atoms with van der Waals surface area (Å²) in [5.74, 6) is -0.781. The van der Waals surface area contributed by atoms with Gasteiger partial charge in [0.05, 0.1) is 18.2 Å². The number of carbonyl (C=O) groups excluding carboxylic acids is 2. The van der Waals surface area contributed by atoms with E-state index in [4.69, 9.17) is 0 Å². The Bertz CT molecular complexity index is 1410. The Balaban J connectivity index is 1.29. The molecule has 1 aromatic heterocycles. The van der Waals surface area contributed by atoms with Crippen LogP contribution in [-0.2, 0) is 29.0 Å². The molecular weight excluding hydrogens is 566 g/mol. The summed E-state index contributed by atoms with van der Waals surface area (Å²) in [5.41, 5.74) is 3.68. The number of amides is 2. The van der Waals surface area contributed by atoms with E-state index >= 15 is 0 Å². The third kappa shape index (κ3) is 8.98. The van der Waals surface area contributed by atoms with Crippen molar-refractivity contribution in [2.24, 2.45) is 5.92 Å². The van der Waals surface area contributed by atoms with Crippen LogP contribution in [-0.4, -0.2) is 86.8 Å². The second-order valence-electron chi connectivity index (χ2n) is 13.6. The van der Waals surface area contributed by atoms with Gasteiger partial charge in [-0.25, -0.2) is 0 Å². The number of β-amino-alcohol motifs (C(OH)–C–C–N with tert-alkyl or cyclic N) is 1. The van der Waals surface area contributed by atoms with Crippen LogP contribution in [0.25, 0.3) is 0 Å². The summed E-state index contributed by atoms with van der Waals surface area (Å²) in [6.07, 6.45) is 3.26. The molecule has 1 saturated heterocycles. The molecule has 0 saturated carbocycles. The van der Waals surface area contributed by atoms with Crippen molar-refractivity contribution in [2.45, 2.75) is 76.4 Å². The topological polar surface area (TPSA) is 118 Å². The van der Waals surface area contributed by atoms with Crippen molar-refractivity contribution in [1.82, 2.24) is 25.4 Å². The Morgan fingerprint density at radius 2 is 1.73 bits per heavy atom. The van der Waals surface area contributed by atoms with Crippen LogP contribution in [0.1, 0.15) is 55.5 Å². The van der Waals surface area contributed by atoms with Crippen LogP contribution >= 0.6 is 0 Å². The van der Waals surface area contributed by atoms with E-state index in [1.807, 2.05) is 93.7 Å². The van der Waals surface area contributed by atoms with Gasteiger partial charge in [0.25, 0.3) is 0 Å². The van der Waals surface area contributed by atoms with E-state index in [0.29, 0.717) is 32.5 Å². The largest absolute Gasteiger partial charge is 0.392 e. The first-order valence-corrected chi connectivity index (χ1v) is 16.0. The molecule has 5 rings (SSSR count). The number of nitrogens with zero attached hydrogens (tertiary/aromatic N) is 3. The van der Waals surface area contributed by atoms with Crippen LogP contribution in [0.4, 0.5) is 0 Å². The number of hydrogen-bond acceptors (Lipinski definition) is 7. The quantitative estimate of drug-likeness (QED) is 0.263. The highest BCUT2D eigenvalue weighted by Gasteiger charge is 2.37. The van der Waals surface area contributed by atoms with Crippen molar-refractivity contribution in [3.05, 3.63) is 101 Å². The van der Waals surface area contributed by atoms with Gasteiger partial charge >= 0.3 is 0 Å². The van der Waals surface area contributed by atoms with Crippen molar-refractivity contribution in [3.63, 3.8) is 0 Å². The lowest BCUT2D eigenvalue weighted by Crippen LogP contribution is -2.61. The van der Waals surface area contributed by atoms with E-state index in [0.717, 1.165) is 28.8 Å². The molecule has 1 aliphatic carbocycles. The molecule has 2 amide bonds. The van der Waals surface area contributed by atoms with E-state index in [1.54, 1.807) is 6.20 Å². The summed E-state index contributed by atoms with van der Waals surface area (Å²) in [6, 6.07) is 20.6. The number of carbonyl (C=O) groups is 2. The fourth-order valence-corrected chi connectivity index (χ4v) is 6.56. The van der Waals surface area contributed by atoms with Gasteiger partial charge in [-0.05, 0) is 61.9 Å². The minimum atomic E-state index is -0.833. The number of piperazine rings is 1. The maximum absolute atomic E-state index is 13.8. The van der Waals surface area contributed by atoms with Crippen LogP contribution in [0.2, 0.25) is 0 Å². The highest BCUT2D eigenvalue weighted by Crippen LogP contribution is 2.32. The normalized spacial score (nSPS) is 21.9. The molecule has 2 aliphatic rings. The van der Waals surface area contributed by atoms with Crippen molar-refractivity contribution in [1.29, 1.82) is 0 Å². The second-order valence-corrected chi connectivity index (χ2v) is 13.6. The number of nitrogens with one attached hydrogen (secondary N) is 2. The zero-order chi connectivity index (χ0) is 32.0. The molecule has 2 aromatic carbocycles. The highest BCUT2D eigenvalue weighted by atomic mass is 16.3. The third-order valence-corrected chi connectivity index (χ3v) is 8.70. The molecule has 5 atom stereocenters. The van der Waals surface area contributed by atoms with Crippen molar-refractivity contribution in [3.8, 4) is 0 Å². The Morgan fingerprint density at radius 1 is 1.00 bits per heavy atom. The molecule has 1 aliphatic heterocycles. The maximum atomic E-state index is 13.8. The molecule has 45 heavy (non-hydrogen) atoms. The van der Waals surface area contributed by atoms with Crippen LogP contribution in [0.5, 0.6) is 0 Å². The molecule has 0 radical (unpaired) electrons. The Labute approximate surface area is 266 Å². The van der Waals surface area contributed by atoms with Gasteiger partial charge in [-0.2, -0.15) is 0 Å². The molecule has 4 N–H and O–H groups in total. The van der Waals surface area contributed by atoms with E-state index in [1.165, 1.54) is 0 Å². The number of aliphatic hydroxyl groups is 2. The molecule has 1 fully saturated rings. The average molecular weight is 614 g/mol. The predicted octanol–water partition coefficient (Wildman–Crippen LogP) is 2.87. The predicted molar refractivity (Wildman–Crippen MR) is 174 cm³/mol. The number of aromatic nitrogens is 1. The van der Waals surface area contributed by atoms with Gasteiger partial charge in [0.2, 0.25) is 11.8 Å². The number of pyridine rings is 1. The second kappa shape index (κ2) is 14.6. The summed E-state index contributed by atoms with van der Waals surface area (Å²) in [6.45, 7) is 8.74. The Hall–Kier alpha value is -3.63. The monoisotopic (exact) mass is 613 g/mol. The van der Waals surface area contributed by atoms with Gasteiger partial charge in [0, 0.05) is 63.0 Å². The first kappa shape index (κ1) is 32.8. The van der Waals surface area contributed by atoms with Gasteiger partial charge in [0.15, 0.2) is 0 Å². The van der Waals surface area contributed by atoms with E-state index in [-0.39, 0.29) is 24.8 Å². The summed E-state index contributed by atoms with van der Waals surface area (Å²) < 4.78 is 0. The molecule has 240 valence electrons. The SMILES string of the molecule is CC(C)(C)NC(=O)[C@@H]1CN(Cc2cccnc2)CCN1C[C@@H](O)C[C@@H](Cc1ccccc1)C(=O)N[C@@H]1c2ccccc2C[C@@H]1O. The van der Waals surface area contributed by atoms with Gasteiger partial charge in [-0.15, -0.1) is 0 Å². The van der Waals surface area contributed by atoms with E-state index in [2.05, 4.69) is 25.4 Å². The molecule has 0 bridgehead atoms. The van der Waals surface area contributed by atoms with E-state index in [9.17, 15) is 19.8 Å². The Kier molecular flexibility index (Phi) is 10.7. The number of hydrogen-bond donors (Lipinski definition) is 4. The van der Waals surface area contributed by atoms with Crippen LogP contribution in [0.3, 0.4) is 0 Å². The first-order valence-electron chi connectivity index (χ1n) is 16.0. The van der Waals surface area contributed by atoms with Crippen LogP contribution in [0.15, 0.2) is 79.1 Å². The van der Waals surface area contributed by atoms with Gasteiger partial charge in [-0.3, -0.25) is 24.4 Å². The van der Waals surface area contributed by atoms with Crippen LogP contribution < -0.4 is 10.6 Å². The maximum Gasteiger partial charge on any atom is 0.239 e. The number of aliphatic hydroxyl groups excluding tert-OH is 2. The zero-order valence-electron chi connectivity index (χ0n) is 26.6. The van der Waals surface area contributed by atoms with Crippen LogP contribution in [0, 0.1) is 5.92 Å². The van der Waals surface area contributed by atoms with Gasteiger partial charge in [0.1, 0.15) is 6.04 Å². The molecule has 0 spiro atoms. The molecular formula is C36H47N5O4. The zero-order valence-corrected chi connectivity index (χ0v) is 26.6. The summed E-state index contributed by atoms with van der Waals surface area (Å²) in [7, 11) is 0. The number of benzene rings is 2. The van der Waals surface area contributed by atoms with E-state index < -0.39 is 35.7 Å². The standard InChI is InChI=1S/C36H47N5O4/c1-36(2,3)39-35(45)31-24-40(22-26-12-9-15-37-21-26)16-17-41(31)23-29(42)19-28(18-25-10-5-4-6-11-25)34(44)38-33-30-14-8-7-13-27(30)20-32(33)43/h4-15,21,28-29,31-33,42-43H,16-20,22-24H2,1-3H3,(H,38,44)(H,39,45)/t28-,29+,31+,32+,33-/m1/s1. The molecule has 2 heterocycles. The fraction of sp³-hybridized carbons (Fsp3) is 0.472. The summed E-state index contributed by atoms with van der Waals surface area (Å²) >= 11 is 0. The average Bonchev–Trinajstić information content (AvgIpc) is 3.32. The molecule has 3 aromatic rings.